The van der Waals surface area contributed by atoms with E-state index in [0.29, 0.717) is 16.8 Å². The van der Waals surface area contributed by atoms with Crippen LogP contribution >= 0.6 is 11.8 Å². The van der Waals surface area contributed by atoms with Crippen molar-refractivity contribution in [2.75, 3.05) is 13.3 Å². The maximum absolute atomic E-state index is 12.3. The van der Waals surface area contributed by atoms with Gasteiger partial charge in [-0.3, -0.25) is 19.7 Å². The Morgan fingerprint density at radius 1 is 1.26 bits per heavy atom. The van der Waals surface area contributed by atoms with Crippen LogP contribution < -0.4 is 5.56 Å². The van der Waals surface area contributed by atoms with Crippen LogP contribution in [0.25, 0.3) is 11.3 Å². The van der Waals surface area contributed by atoms with Crippen LogP contribution in [0.5, 0.6) is 0 Å². The standard InChI is InChI=1S/C15H13N3O4S/c1-17-14(20)10-7-11(19)16-13(12(10)15(17)23-2)8-3-5-9(6-4-8)18(21)22/h3-7,15H,1-2H3,(H,16,19)/t15-/m1/s1. The highest BCUT2D eigenvalue weighted by atomic mass is 32.2. The highest BCUT2D eigenvalue weighted by Crippen LogP contribution is 2.42. The molecule has 1 atom stereocenters. The molecule has 8 heteroatoms. The molecule has 1 aliphatic rings. The molecule has 0 fully saturated rings. The highest BCUT2D eigenvalue weighted by molar-refractivity contribution is 7.98. The number of amides is 1. The zero-order valence-corrected chi connectivity index (χ0v) is 13.2. The van der Waals surface area contributed by atoms with Gasteiger partial charge in [-0.25, -0.2) is 0 Å². The molecule has 0 saturated heterocycles. The van der Waals surface area contributed by atoms with Gasteiger partial charge in [0.1, 0.15) is 5.37 Å². The Balaban J connectivity index is 2.21. The summed E-state index contributed by atoms with van der Waals surface area (Å²) in [5.41, 5.74) is 1.87. The summed E-state index contributed by atoms with van der Waals surface area (Å²) < 4.78 is 0. The second kappa shape index (κ2) is 5.54. The summed E-state index contributed by atoms with van der Waals surface area (Å²) in [6.45, 7) is 0. The first-order valence-corrected chi connectivity index (χ1v) is 8.05. The van der Waals surface area contributed by atoms with E-state index in [0.717, 1.165) is 5.56 Å². The molecule has 23 heavy (non-hydrogen) atoms. The summed E-state index contributed by atoms with van der Waals surface area (Å²) in [5.74, 6) is -0.200. The average molecular weight is 331 g/mol. The van der Waals surface area contributed by atoms with Crippen molar-refractivity contribution < 1.29 is 9.72 Å². The van der Waals surface area contributed by atoms with Gasteiger partial charge in [0.2, 0.25) is 5.56 Å². The predicted molar refractivity (Wildman–Crippen MR) is 87.5 cm³/mol. The van der Waals surface area contributed by atoms with Crippen molar-refractivity contribution in [2.45, 2.75) is 5.37 Å². The molecule has 0 saturated carbocycles. The van der Waals surface area contributed by atoms with Crippen LogP contribution in [-0.2, 0) is 0 Å². The first-order valence-electron chi connectivity index (χ1n) is 6.76. The Morgan fingerprint density at radius 2 is 1.91 bits per heavy atom. The van der Waals surface area contributed by atoms with E-state index >= 15 is 0 Å². The molecule has 1 aromatic heterocycles. The number of rotatable bonds is 3. The summed E-state index contributed by atoms with van der Waals surface area (Å²) in [6.07, 6.45) is 1.88. The highest BCUT2D eigenvalue weighted by Gasteiger charge is 2.36. The number of non-ortho nitro benzene ring substituents is 1. The number of nitrogens with zero attached hydrogens (tertiary/aromatic N) is 2. The molecular formula is C15H13N3O4S. The van der Waals surface area contributed by atoms with Crippen molar-refractivity contribution in [1.29, 1.82) is 0 Å². The molecule has 2 heterocycles. The third-order valence-electron chi connectivity index (χ3n) is 3.82. The Labute approximate surface area is 135 Å². The van der Waals surface area contributed by atoms with Gasteiger partial charge in [0.05, 0.1) is 16.2 Å². The van der Waals surface area contributed by atoms with Gasteiger partial charge >= 0.3 is 0 Å². The molecule has 1 aromatic carbocycles. The minimum atomic E-state index is -0.482. The van der Waals surface area contributed by atoms with Gasteiger partial charge in [-0.1, -0.05) is 0 Å². The normalized spacial score (nSPS) is 16.5. The fraction of sp³-hybridized carbons (Fsp3) is 0.200. The summed E-state index contributed by atoms with van der Waals surface area (Å²) in [6, 6.07) is 7.20. The first kappa shape index (κ1) is 15.3. The molecule has 0 unspecified atom stereocenters. The van der Waals surface area contributed by atoms with E-state index in [9.17, 15) is 19.7 Å². The number of benzene rings is 1. The van der Waals surface area contributed by atoms with Crippen LogP contribution in [0.2, 0.25) is 0 Å². The zero-order chi connectivity index (χ0) is 16.7. The third kappa shape index (κ3) is 2.40. The fourth-order valence-electron chi connectivity index (χ4n) is 2.75. The molecule has 3 rings (SSSR count). The number of hydrogen-bond acceptors (Lipinski definition) is 5. The summed E-state index contributed by atoms with van der Waals surface area (Å²) in [5, 5.41) is 10.6. The number of hydrogen-bond donors (Lipinski definition) is 1. The van der Waals surface area contributed by atoms with Gasteiger partial charge in [0, 0.05) is 30.8 Å². The van der Waals surface area contributed by atoms with Crippen molar-refractivity contribution >= 4 is 23.4 Å². The zero-order valence-electron chi connectivity index (χ0n) is 12.4. The topological polar surface area (TPSA) is 96.3 Å². The lowest BCUT2D eigenvalue weighted by Gasteiger charge is -2.19. The van der Waals surface area contributed by atoms with Crippen molar-refractivity contribution in [2.24, 2.45) is 0 Å². The van der Waals surface area contributed by atoms with E-state index in [-0.39, 0.29) is 22.5 Å². The first-order chi connectivity index (χ1) is 10.9. The Bertz CT molecular complexity index is 860. The SMILES string of the molecule is CS[C@@H]1c2c(cc(=O)[nH]c2-c2ccc([N+](=O)[O-])cc2)C(=O)N1C. The molecule has 0 spiro atoms. The Morgan fingerprint density at radius 3 is 2.48 bits per heavy atom. The van der Waals surface area contributed by atoms with Crippen molar-refractivity contribution in [3.8, 4) is 11.3 Å². The Hall–Kier alpha value is -2.61. The number of carbonyl (C=O) groups excluding carboxylic acids is 1. The van der Waals surface area contributed by atoms with Gasteiger partial charge in [0.15, 0.2) is 0 Å². The predicted octanol–water partition coefficient (Wildman–Crippen LogP) is 2.40. The second-order valence-electron chi connectivity index (χ2n) is 5.14. The molecule has 2 aromatic rings. The van der Waals surface area contributed by atoms with Crippen LogP contribution in [0, 0.1) is 10.1 Å². The lowest BCUT2D eigenvalue weighted by Crippen LogP contribution is -2.21. The van der Waals surface area contributed by atoms with Gasteiger partial charge in [-0.15, -0.1) is 11.8 Å². The number of aromatic nitrogens is 1. The number of aromatic amines is 1. The monoisotopic (exact) mass is 331 g/mol. The van der Waals surface area contributed by atoms with E-state index in [1.54, 1.807) is 24.1 Å². The number of thioether (sulfide) groups is 1. The molecule has 7 nitrogen and oxygen atoms in total. The van der Waals surface area contributed by atoms with E-state index < -0.39 is 4.92 Å². The largest absolute Gasteiger partial charge is 0.325 e. The van der Waals surface area contributed by atoms with Crippen molar-refractivity contribution in [3.05, 3.63) is 61.9 Å². The lowest BCUT2D eigenvalue weighted by atomic mass is 10.0. The van der Waals surface area contributed by atoms with Gasteiger partial charge < -0.3 is 9.88 Å². The third-order valence-corrected chi connectivity index (χ3v) is 4.82. The number of fused-ring (bicyclic) bond motifs is 1. The Kier molecular flexibility index (Phi) is 3.69. The summed E-state index contributed by atoms with van der Waals surface area (Å²) in [7, 11) is 1.69. The molecular weight excluding hydrogens is 318 g/mol. The van der Waals surface area contributed by atoms with E-state index in [4.69, 9.17) is 0 Å². The van der Waals surface area contributed by atoms with Crippen LogP contribution in [0.1, 0.15) is 21.3 Å². The smallest absolute Gasteiger partial charge is 0.269 e. The minimum absolute atomic E-state index is 0.0294. The molecule has 118 valence electrons. The van der Waals surface area contributed by atoms with E-state index in [1.807, 2.05) is 6.26 Å². The van der Waals surface area contributed by atoms with Crippen LogP contribution in [-0.4, -0.2) is 34.0 Å². The van der Waals surface area contributed by atoms with Crippen molar-refractivity contribution in [1.82, 2.24) is 9.88 Å². The van der Waals surface area contributed by atoms with Crippen LogP contribution in [0.4, 0.5) is 5.69 Å². The van der Waals surface area contributed by atoms with Gasteiger partial charge in [-0.2, -0.15) is 0 Å². The van der Waals surface area contributed by atoms with Gasteiger partial charge in [0.25, 0.3) is 11.6 Å². The molecule has 0 aliphatic carbocycles. The maximum Gasteiger partial charge on any atom is 0.269 e. The number of nitro benzene ring substituents is 1. The quantitative estimate of drug-likeness (QED) is 0.688. The summed E-state index contributed by atoms with van der Waals surface area (Å²) in [4.78, 5) is 38.8. The molecule has 0 bridgehead atoms. The number of carbonyl (C=O) groups is 1. The second-order valence-corrected chi connectivity index (χ2v) is 6.06. The van der Waals surface area contributed by atoms with E-state index in [2.05, 4.69) is 4.98 Å². The fourth-order valence-corrected chi connectivity index (χ4v) is 3.64. The summed E-state index contributed by atoms with van der Waals surface area (Å²) >= 11 is 1.48. The number of pyridine rings is 1. The van der Waals surface area contributed by atoms with Gasteiger partial charge in [-0.05, 0) is 24.0 Å². The van der Waals surface area contributed by atoms with Crippen molar-refractivity contribution in [3.63, 3.8) is 0 Å². The number of nitro groups is 1. The average Bonchev–Trinajstić information content (AvgIpc) is 2.78. The number of nitrogens with one attached hydrogen (secondary N) is 1. The van der Waals surface area contributed by atoms with Crippen LogP contribution in [0.3, 0.4) is 0 Å². The molecule has 0 radical (unpaired) electrons. The molecule has 1 amide bonds. The molecule has 1 N–H and O–H groups in total. The maximum atomic E-state index is 12.3. The lowest BCUT2D eigenvalue weighted by molar-refractivity contribution is -0.384. The van der Waals surface area contributed by atoms with E-state index in [1.165, 1.54) is 30.0 Å². The number of H-pyrrole nitrogens is 1. The van der Waals surface area contributed by atoms with Crippen LogP contribution in [0.15, 0.2) is 35.1 Å². The molecule has 1 aliphatic heterocycles. The minimum Gasteiger partial charge on any atom is -0.325 e.